The summed E-state index contributed by atoms with van der Waals surface area (Å²) in [6, 6.07) is 24.2. The van der Waals surface area contributed by atoms with Gasteiger partial charge in [0.1, 0.15) is 12.4 Å². The van der Waals surface area contributed by atoms with Gasteiger partial charge >= 0.3 is 0 Å². The lowest BCUT2D eigenvalue weighted by Crippen LogP contribution is -2.39. The first-order valence-electron chi connectivity index (χ1n) is 12.7. The van der Waals surface area contributed by atoms with Crippen LogP contribution in [0.1, 0.15) is 33.5 Å². The second-order valence-corrected chi connectivity index (χ2v) is 9.99. The third-order valence-electron chi connectivity index (χ3n) is 6.77. The van der Waals surface area contributed by atoms with Crippen molar-refractivity contribution in [2.75, 3.05) is 11.9 Å². The van der Waals surface area contributed by atoms with Crippen LogP contribution in [0.15, 0.2) is 77.6 Å². The van der Waals surface area contributed by atoms with Crippen LogP contribution in [0.2, 0.25) is 0 Å². The topological polar surface area (TPSA) is 67.2 Å². The normalized spacial score (nSPS) is 13.3. The van der Waals surface area contributed by atoms with E-state index in [9.17, 15) is 9.59 Å². The van der Waals surface area contributed by atoms with Crippen LogP contribution in [0.3, 0.4) is 0 Å². The molecule has 1 aliphatic rings. The van der Waals surface area contributed by atoms with Gasteiger partial charge in [-0.3, -0.25) is 19.1 Å². The third-order valence-corrected chi connectivity index (χ3v) is 6.77. The number of amides is 1. The van der Waals surface area contributed by atoms with E-state index in [4.69, 9.17) is 4.98 Å². The summed E-state index contributed by atoms with van der Waals surface area (Å²) in [6.45, 7) is 8.11. The zero-order chi connectivity index (χ0) is 25.9. The standard InChI is InChI=1S/C31H32N4O2/c1-21-9-11-25(12-10-21)30-33-28-19-34(18-24-7-5-4-6-8-24)14-13-27(28)31(37)35(30)20-29(36)32-26-16-22(2)15-23(3)17-26/h4-12,15-17H,13-14,18-20H2,1-3H3,(H,32,36). The summed E-state index contributed by atoms with van der Waals surface area (Å²) < 4.78 is 1.54. The van der Waals surface area contributed by atoms with Crippen molar-refractivity contribution in [3.63, 3.8) is 0 Å². The monoisotopic (exact) mass is 492 g/mol. The van der Waals surface area contributed by atoms with E-state index in [1.165, 1.54) is 10.1 Å². The van der Waals surface area contributed by atoms with Crippen molar-refractivity contribution in [3.8, 4) is 11.4 Å². The van der Waals surface area contributed by atoms with Gasteiger partial charge in [0.15, 0.2) is 0 Å². The molecule has 0 spiro atoms. The quantitative estimate of drug-likeness (QED) is 0.410. The highest BCUT2D eigenvalue weighted by molar-refractivity contribution is 5.91. The number of aromatic nitrogens is 2. The van der Waals surface area contributed by atoms with E-state index >= 15 is 0 Å². The summed E-state index contributed by atoms with van der Waals surface area (Å²) in [4.78, 5) is 34.2. The number of anilines is 1. The summed E-state index contributed by atoms with van der Waals surface area (Å²) in [7, 11) is 0. The summed E-state index contributed by atoms with van der Waals surface area (Å²) >= 11 is 0. The largest absolute Gasteiger partial charge is 0.325 e. The molecule has 2 heterocycles. The number of rotatable bonds is 6. The van der Waals surface area contributed by atoms with Gasteiger partial charge in [-0.25, -0.2) is 4.98 Å². The number of hydrogen-bond acceptors (Lipinski definition) is 4. The fourth-order valence-electron chi connectivity index (χ4n) is 5.02. The van der Waals surface area contributed by atoms with E-state index < -0.39 is 0 Å². The average Bonchev–Trinajstić information content (AvgIpc) is 2.86. The highest BCUT2D eigenvalue weighted by Gasteiger charge is 2.25. The number of aryl methyl sites for hydroxylation is 3. The zero-order valence-corrected chi connectivity index (χ0v) is 21.6. The first-order valence-corrected chi connectivity index (χ1v) is 12.7. The molecule has 0 atom stereocenters. The van der Waals surface area contributed by atoms with Crippen LogP contribution in [-0.4, -0.2) is 26.9 Å². The van der Waals surface area contributed by atoms with Crippen molar-refractivity contribution < 1.29 is 4.79 Å². The number of fused-ring (bicyclic) bond motifs is 1. The predicted octanol–water partition coefficient (Wildman–Crippen LogP) is 5.03. The number of nitrogens with zero attached hydrogens (tertiary/aromatic N) is 3. The van der Waals surface area contributed by atoms with Gasteiger partial charge in [0, 0.05) is 36.4 Å². The number of benzene rings is 3. The molecule has 1 amide bonds. The first kappa shape index (κ1) is 24.7. The minimum absolute atomic E-state index is 0.0942. The molecule has 6 nitrogen and oxygen atoms in total. The molecule has 37 heavy (non-hydrogen) atoms. The molecule has 0 aliphatic carbocycles. The highest BCUT2D eigenvalue weighted by Crippen LogP contribution is 2.23. The van der Waals surface area contributed by atoms with Crippen molar-refractivity contribution in [2.45, 2.75) is 46.8 Å². The van der Waals surface area contributed by atoms with Crippen LogP contribution in [0, 0.1) is 20.8 Å². The van der Waals surface area contributed by atoms with E-state index in [1.807, 2.05) is 75.4 Å². The molecule has 1 aliphatic heterocycles. The lowest BCUT2D eigenvalue weighted by molar-refractivity contribution is -0.116. The Labute approximate surface area is 217 Å². The molecule has 1 aromatic heterocycles. The van der Waals surface area contributed by atoms with E-state index in [0.29, 0.717) is 24.4 Å². The van der Waals surface area contributed by atoms with Crippen LogP contribution < -0.4 is 10.9 Å². The molecular formula is C31H32N4O2. The van der Waals surface area contributed by atoms with Crippen molar-refractivity contribution in [3.05, 3.63) is 117 Å². The minimum atomic E-state index is -0.247. The third kappa shape index (κ3) is 5.70. The van der Waals surface area contributed by atoms with Gasteiger partial charge in [-0.05, 0) is 56.0 Å². The molecule has 1 N–H and O–H groups in total. The van der Waals surface area contributed by atoms with Crippen molar-refractivity contribution >= 4 is 11.6 Å². The van der Waals surface area contributed by atoms with Crippen molar-refractivity contribution in [1.29, 1.82) is 0 Å². The van der Waals surface area contributed by atoms with Crippen molar-refractivity contribution in [1.82, 2.24) is 14.5 Å². The maximum Gasteiger partial charge on any atom is 0.257 e. The van der Waals surface area contributed by atoms with E-state index in [2.05, 4.69) is 28.4 Å². The molecule has 0 radical (unpaired) electrons. The molecule has 0 saturated carbocycles. The van der Waals surface area contributed by atoms with Crippen LogP contribution >= 0.6 is 0 Å². The van der Waals surface area contributed by atoms with Crippen LogP contribution in [0.4, 0.5) is 5.69 Å². The zero-order valence-electron chi connectivity index (χ0n) is 21.6. The molecule has 5 rings (SSSR count). The maximum atomic E-state index is 13.8. The predicted molar refractivity (Wildman–Crippen MR) is 147 cm³/mol. The second kappa shape index (κ2) is 10.5. The fourth-order valence-corrected chi connectivity index (χ4v) is 5.02. The molecule has 0 bridgehead atoms. The Morgan fingerprint density at radius 3 is 2.32 bits per heavy atom. The van der Waals surface area contributed by atoms with Crippen molar-refractivity contribution in [2.24, 2.45) is 0 Å². The summed E-state index contributed by atoms with van der Waals surface area (Å²) in [6.07, 6.45) is 0.612. The lowest BCUT2D eigenvalue weighted by atomic mass is 10.0. The summed E-state index contributed by atoms with van der Waals surface area (Å²) in [5, 5.41) is 2.97. The van der Waals surface area contributed by atoms with Gasteiger partial charge in [-0.2, -0.15) is 0 Å². The maximum absolute atomic E-state index is 13.8. The van der Waals surface area contributed by atoms with Crippen LogP contribution in [0.25, 0.3) is 11.4 Å². The Balaban J connectivity index is 1.48. The molecule has 0 fully saturated rings. The summed E-state index contributed by atoms with van der Waals surface area (Å²) in [5.74, 6) is 0.282. The fraction of sp³-hybridized carbons (Fsp3) is 0.258. The van der Waals surface area contributed by atoms with E-state index in [-0.39, 0.29) is 18.0 Å². The Bertz CT molecular complexity index is 1470. The van der Waals surface area contributed by atoms with E-state index in [0.717, 1.165) is 46.7 Å². The molecule has 4 aromatic rings. The smallest absolute Gasteiger partial charge is 0.257 e. The highest BCUT2D eigenvalue weighted by atomic mass is 16.2. The SMILES string of the molecule is Cc1ccc(-c2nc3c(c(=O)n2CC(=O)Nc2cc(C)cc(C)c2)CCN(Cc2ccccc2)C3)cc1. The van der Waals surface area contributed by atoms with Gasteiger partial charge in [-0.1, -0.05) is 66.2 Å². The number of hydrogen-bond donors (Lipinski definition) is 1. The lowest BCUT2D eigenvalue weighted by Gasteiger charge is -2.29. The molecule has 188 valence electrons. The molecule has 0 unspecified atom stereocenters. The van der Waals surface area contributed by atoms with Gasteiger partial charge in [0.05, 0.1) is 5.69 Å². The number of nitrogens with one attached hydrogen (secondary N) is 1. The average molecular weight is 493 g/mol. The Morgan fingerprint density at radius 2 is 1.62 bits per heavy atom. The Morgan fingerprint density at radius 1 is 0.919 bits per heavy atom. The van der Waals surface area contributed by atoms with Gasteiger partial charge in [-0.15, -0.1) is 0 Å². The van der Waals surface area contributed by atoms with Gasteiger partial charge < -0.3 is 5.32 Å². The molecule has 3 aromatic carbocycles. The number of carbonyl (C=O) groups is 1. The number of carbonyl (C=O) groups excluding carboxylic acids is 1. The van der Waals surface area contributed by atoms with Gasteiger partial charge in [0.2, 0.25) is 5.91 Å². The van der Waals surface area contributed by atoms with E-state index in [1.54, 1.807) is 0 Å². The minimum Gasteiger partial charge on any atom is -0.325 e. The summed E-state index contributed by atoms with van der Waals surface area (Å²) in [5.41, 5.74) is 7.44. The molecular weight excluding hydrogens is 460 g/mol. The molecule has 0 saturated heterocycles. The van der Waals surface area contributed by atoms with Crippen LogP contribution in [0.5, 0.6) is 0 Å². The molecule has 6 heteroatoms. The second-order valence-electron chi connectivity index (χ2n) is 9.99. The Kier molecular flexibility index (Phi) is 7.01. The first-order chi connectivity index (χ1) is 17.9. The van der Waals surface area contributed by atoms with Gasteiger partial charge in [0.25, 0.3) is 5.56 Å². The Hall–Kier alpha value is -4.03. The van der Waals surface area contributed by atoms with Crippen LogP contribution in [-0.2, 0) is 30.8 Å².